The van der Waals surface area contributed by atoms with Gasteiger partial charge in [0.1, 0.15) is 0 Å². The van der Waals surface area contributed by atoms with E-state index in [0.717, 1.165) is 12.2 Å². The van der Waals surface area contributed by atoms with Crippen molar-refractivity contribution in [3.8, 4) is 11.9 Å². The summed E-state index contributed by atoms with van der Waals surface area (Å²) in [6.07, 6.45) is 0.959. The minimum Gasteiger partial charge on any atom is -0.475 e. The molecular weight excluding hydrogens is 367 g/mol. The first-order valence-corrected chi connectivity index (χ1v) is 12.9. The van der Waals surface area contributed by atoms with Gasteiger partial charge < -0.3 is 14.0 Å². The molecule has 0 saturated heterocycles. The lowest BCUT2D eigenvalue weighted by molar-refractivity contribution is 0.224. The van der Waals surface area contributed by atoms with E-state index in [4.69, 9.17) is 14.0 Å². The smallest absolute Gasteiger partial charge is 0.319 e. The van der Waals surface area contributed by atoms with Gasteiger partial charge in [0.2, 0.25) is 5.88 Å². The molecule has 0 aliphatic rings. The minimum atomic E-state index is -2.78. The van der Waals surface area contributed by atoms with Gasteiger partial charge in [-0.25, -0.2) is 0 Å². The van der Waals surface area contributed by atoms with E-state index >= 15 is 0 Å². The number of hydrogen-bond donors (Lipinski definition) is 0. The van der Waals surface area contributed by atoms with Gasteiger partial charge in [0.05, 0.1) is 25.0 Å². The van der Waals surface area contributed by atoms with Crippen molar-refractivity contribution in [1.82, 2.24) is 9.97 Å². The van der Waals surface area contributed by atoms with Crippen molar-refractivity contribution in [1.29, 1.82) is 0 Å². The quantitative estimate of drug-likeness (QED) is 0.449. The van der Waals surface area contributed by atoms with Crippen LogP contribution in [0, 0.1) is 0 Å². The average Bonchev–Trinajstić information content (AvgIpc) is 2.51. The molecule has 0 bridgehead atoms. The third kappa shape index (κ3) is 8.10. The molecule has 24 heavy (non-hydrogen) atoms. The number of hydrogen-bond acceptors (Lipinski definition) is 8. The first kappa shape index (κ1) is 21.6. The highest BCUT2D eigenvalue weighted by Gasteiger charge is 2.24. The van der Waals surface area contributed by atoms with Crippen molar-refractivity contribution in [3.05, 3.63) is 11.8 Å². The van der Waals surface area contributed by atoms with E-state index in [0.29, 0.717) is 30.5 Å². The molecule has 0 spiro atoms. The lowest BCUT2D eigenvalue weighted by Crippen LogP contribution is -2.09. The van der Waals surface area contributed by atoms with E-state index in [1.165, 1.54) is 22.8 Å². The summed E-state index contributed by atoms with van der Waals surface area (Å²) in [4.78, 5) is 8.58. The zero-order valence-corrected chi connectivity index (χ0v) is 17.5. The molecule has 0 aliphatic heterocycles. The molecule has 0 N–H and O–H groups in total. The van der Waals surface area contributed by atoms with Crippen molar-refractivity contribution < 1.29 is 18.6 Å². The Hall–Kier alpha value is -0.430. The highest BCUT2D eigenvalue weighted by Crippen LogP contribution is 2.70. The molecular formula is C15H27N2O4PS2. The Morgan fingerprint density at radius 1 is 1.17 bits per heavy atom. The van der Waals surface area contributed by atoms with Crippen LogP contribution >= 0.6 is 28.5 Å². The van der Waals surface area contributed by atoms with Gasteiger partial charge in [0.15, 0.2) is 0 Å². The van der Waals surface area contributed by atoms with Crippen LogP contribution in [0.1, 0.15) is 46.7 Å². The predicted octanol–water partition coefficient (Wildman–Crippen LogP) is 5.18. The second-order valence-corrected chi connectivity index (χ2v) is 12.5. The van der Waals surface area contributed by atoms with Crippen LogP contribution in [0.3, 0.4) is 0 Å². The highest BCUT2D eigenvalue weighted by atomic mass is 33.1. The van der Waals surface area contributed by atoms with Gasteiger partial charge in [-0.2, -0.15) is 9.97 Å². The van der Waals surface area contributed by atoms with Crippen LogP contribution in [-0.4, -0.2) is 35.0 Å². The van der Waals surface area contributed by atoms with Gasteiger partial charge in [-0.3, -0.25) is 4.57 Å². The van der Waals surface area contributed by atoms with Crippen molar-refractivity contribution in [3.63, 3.8) is 0 Å². The molecule has 0 aliphatic carbocycles. The summed E-state index contributed by atoms with van der Waals surface area (Å²) >= 11 is 2.68. The van der Waals surface area contributed by atoms with Gasteiger partial charge in [-0.05, 0) is 34.1 Å². The average molecular weight is 394 g/mol. The number of ether oxygens (including phenoxy) is 2. The van der Waals surface area contributed by atoms with Gasteiger partial charge in [-0.15, -0.1) is 0 Å². The van der Waals surface area contributed by atoms with Crippen molar-refractivity contribution in [2.75, 3.05) is 19.0 Å². The maximum Gasteiger partial charge on any atom is 0.319 e. The van der Waals surface area contributed by atoms with Crippen LogP contribution in [0.25, 0.3) is 0 Å². The van der Waals surface area contributed by atoms with Crippen LogP contribution in [0.2, 0.25) is 0 Å². The van der Waals surface area contributed by atoms with Gasteiger partial charge >= 0.3 is 11.8 Å². The van der Waals surface area contributed by atoms with Crippen molar-refractivity contribution >= 4 is 28.5 Å². The molecule has 1 aromatic rings. The first-order valence-electron chi connectivity index (χ1n) is 8.13. The van der Waals surface area contributed by atoms with Crippen LogP contribution in [0.15, 0.2) is 6.07 Å². The van der Waals surface area contributed by atoms with E-state index in [1.54, 1.807) is 6.07 Å². The van der Waals surface area contributed by atoms with Gasteiger partial charge in [-0.1, -0.05) is 29.7 Å². The zero-order chi connectivity index (χ0) is 18.0. The summed E-state index contributed by atoms with van der Waals surface area (Å²) in [5, 5.41) is 0. The van der Waals surface area contributed by atoms with Crippen LogP contribution in [0.4, 0.5) is 0 Å². The van der Waals surface area contributed by atoms with Gasteiger partial charge in [0, 0.05) is 17.6 Å². The fourth-order valence-corrected chi connectivity index (χ4v) is 8.23. The second-order valence-electron chi connectivity index (χ2n) is 5.05. The Labute approximate surface area is 152 Å². The summed E-state index contributed by atoms with van der Waals surface area (Å²) in [5.41, 5.74) is 0.714. The molecule has 0 amide bonds. The summed E-state index contributed by atoms with van der Waals surface area (Å²) in [6, 6.07) is 2.04. The Morgan fingerprint density at radius 3 is 2.50 bits per heavy atom. The summed E-state index contributed by atoms with van der Waals surface area (Å²) in [7, 11) is 0. The Balaban J connectivity index is 2.86. The van der Waals surface area contributed by atoms with Crippen LogP contribution < -0.4 is 9.47 Å². The van der Waals surface area contributed by atoms with Crippen molar-refractivity contribution in [2.45, 2.75) is 52.9 Å². The molecule has 0 radical (unpaired) electrons. The van der Waals surface area contributed by atoms with E-state index in [1.807, 2.05) is 27.7 Å². The minimum absolute atomic E-state index is 0.00418. The monoisotopic (exact) mass is 394 g/mol. The van der Waals surface area contributed by atoms with E-state index in [9.17, 15) is 4.57 Å². The lowest BCUT2D eigenvalue weighted by Gasteiger charge is -2.16. The summed E-state index contributed by atoms with van der Waals surface area (Å²) < 4.78 is 29.4. The molecule has 0 aromatic carbocycles. The number of nitrogens with zero attached hydrogens (tertiary/aromatic N) is 2. The fraction of sp³-hybridized carbons (Fsp3) is 0.733. The molecule has 1 unspecified atom stereocenters. The van der Waals surface area contributed by atoms with E-state index < -0.39 is 5.77 Å². The third-order valence-corrected chi connectivity index (χ3v) is 10.1. The van der Waals surface area contributed by atoms with Crippen LogP contribution in [-0.2, 0) is 14.8 Å². The van der Waals surface area contributed by atoms with E-state index in [-0.39, 0.29) is 12.1 Å². The third-order valence-electron chi connectivity index (χ3n) is 2.48. The SMILES string of the molecule is CCCSP(=O)(OCC)SCc1cc(OC(C)C)nc(OCC)n1. The molecule has 9 heteroatoms. The lowest BCUT2D eigenvalue weighted by atomic mass is 10.4. The number of rotatable bonds is 12. The van der Waals surface area contributed by atoms with Gasteiger partial charge in [0.25, 0.3) is 0 Å². The molecule has 1 heterocycles. The zero-order valence-electron chi connectivity index (χ0n) is 15.0. The standard InChI is InChI=1S/C15H27N2O4PS2/c1-6-9-23-22(18,20-8-3)24-11-13-10-14(21-12(4)5)17-15(16-13)19-7-2/h10,12H,6-9,11H2,1-5H3. The first-order chi connectivity index (χ1) is 11.4. The van der Waals surface area contributed by atoms with E-state index in [2.05, 4.69) is 16.9 Å². The highest BCUT2D eigenvalue weighted by molar-refractivity contribution is 8.89. The predicted molar refractivity (Wildman–Crippen MR) is 102 cm³/mol. The Bertz CT molecular complexity index is 546. The molecule has 0 fully saturated rings. The summed E-state index contributed by atoms with van der Waals surface area (Å²) in [5.74, 6) is -1.06. The molecule has 0 saturated carbocycles. The van der Waals surface area contributed by atoms with Crippen molar-refractivity contribution in [2.24, 2.45) is 0 Å². The number of aromatic nitrogens is 2. The molecule has 6 nitrogen and oxygen atoms in total. The maximum atomic E-state index is 12.8. The summed E-state index contributed by atoms with van der Waals surface area (Å²) in [6.45, 7) is 10.5. The largest absolute Gasteiger partial charge is 0.475 e. The fourth-order valence-electron chi connectivity index (χ4n) is 1.64. The maximum absolute atomic E-state index is 12.8. The second kappa shape index (κ2) is 11.2. The van der Waals surface area contributed by atoms with Crippen LogP contribution in [0.5, 0.6) is 11.9 Å². The normalized spacial score (nSPS) is 13.8. The Kier molecular flexibility index (Phi) is 10.1. The molecule has 1 rings (SSSR count). The topological polar surface area (TPSA) is 70.5 Å². The molecule has 1 atom stereocenters. The molecule has 1 aromatic heterocycles. The molecule has 138 valence electrons. The Morgan fingerprint density at radius 2 is 1.92 bits per heavy atom.